The van der Waals surface area contributed by atoms with Gasteiger partial charge in [-0.15, -0.1) is 0 Å². The molecule has 72 valence electrons. The van der Waals surface area contributed by atoms with Gasteiger partial charge in [0.1, 0.15) is 0 Å². The van der Waals surface area contributed by atoms with E-state index in [1.165, 1.54) is 6.42 Å². The molecule has 12 heavy (non-hydrogen) atoms. The van der Waals surface area contributed by atoms with Crippen LogP contribution in [0.5, 0.6) is 0 Å². The van der Waals surface area contributed by atoms with E-state index in [0.29, 0.717) is 11.3 Å². The Bertz CT molecular complexity index is 130. The molecular formula is C11H23N. The van der Waals surface area contributed by atoms with Crippen molar-refractivity contribution < 1.29 is 0 Å². The molecule has 0 aromatic rings. The summed E-state index contributed by atoms with van der Waals surface area (Å²) < 4.78 is 0. The van der Waals surface area contributed by atoms with Gasteiger partial charge in [-0.3, -0.25) is 0 Å². The number of hydrogen-bond acceptors (Lipinski definition) is 1. The van der Waals surface area contributed by atoms with Crippen molar-refractivity contribution in [2.24, 2.45) is 11.3 Å². The molecule has 1 unspecified atom stereocenters. The monoisotopic (exact) mass is 169 g/mol. The van der Waals surface area contributed by atoms with Gasteiger partial charge in [0.15, 0.2) is 0 Å². The zero-order valence-corrected chi connectivity index (χ0v) is 9.15. The maximum absolute atomic E-state index is 3.16. The van der Waals surface area contributed by atoms with Crippen molar-refractivity contribution in [2.45, 2.75) is 34.1 Å². The highest BCUT2D eigenvalue weighted by Gasteiger charge is 2.06. The highest BCUT2D eigenvalue weighted by Crippen LogP contribution is 2.19. The first-order valence-corrected chi connectivity index (χ1v) is 4.77. The highest BCUT2D eigenvalue weighted by molar-refractivity contribution is 4.89. The first-order valence-electron chi connectivity index (χ1n) is 4.77. The van der Waals surface area contributed by atoms with Crippen LogP contribution >= 0.6 is 0 Å². The first kappa shape index (κ1) is 11.7. The predicted octanol–water partition coefficient (Wildman–Crippen LogP) is 2.83. The van der Waals surface area contributed by atoms with Crippen LogP contribution in [0.1, 0.15) is 34.1 Å². The molecule has 0 aromatic heterocycles. The van der Waals surface area contributed by atoms with E-state index in [-0.39, 0.29) is 0 Å². The molecule has 0 aromatic carbocycles. The van der Waals surface area contributed by atoms with E-state index in [1.807, 2.05) is 7.05 Å². The lowest BCUT2D eigenvalue weighted by Gasteiger charge is -2.15. The minimum absolute atomic E-state index is 0.426. The lowest BCUT2D eigenvalue weighted by molar-refractivity contribution is 0.419. The van der Waals surface area contributed by atoms with E-state index < -0.39 is 0 Å². The van der Waals surface area contributed by atoms with E-state index in [4.69, 9.17) is 0 Å². The Kier molecular flexibility index (Phi) is 5.23. The van der Waals surface area contributed by atoms with E-state index >= 15 is 0 Å². The molecule has 0 saturated heterocycles. The summed E-state index contributed by atoms with van der Waals surface area (Å²) in [6, 6.07) is 0. The Morgan fingerprint density at radius 2 is 1.92 bits per heavy atom. The smallest absolute Gasteiger partial charge is 0.000850 e. The number of nitrogens with one attached hydrogen (secondary N) is 1. The highest BCUT2D eigenvalue weighted by atomic mass is 14.8. The van der Waals surface area contributed by atoms with Crippen LogP contribution < -0.4 is 5.32 Å². The standard InChI is InChI=1S/C11H23N/c1-10(9-12-5)7-6-8-11(2,3)4/h6-7,10,12H,8-9H2,1-5H3. The second-order valence-electron chi connectivity index (χ2n) is 4.73. The first-order chi connectivity index (χ1) is 5.45. The van der Waals surface area contributed by atoms with Crippen molar-refractivity contribution in [3.8, 4) is 0 Å². The van der Waals surface area contributed by atoms with Crippen LogP contribution in [0.3, 0.4) is 0 Å². The maximum Gasteiger partial charge on any atom is 0.000850 e. The Morgan fingerprint density at radius 3 is 2.33 bits per heavy atom. The zero-order valence-electron chi connectivity index (χ0n) is 9.15. The predicted molar refractivity (Wildman–Crippen MR) is 56.3 cm³/mol. The van der Waals surface area contributed by atoms with Crippen molar-refractivity contribution in [1.29, 1.82) is 0 Å². The van der Waals surface area contributed by atoms with E-state index in [9.17, 15) is 0 Å². The molecule has 1 nitrogen and oxygen atoms in total. The summed E-state index contributed by atoms with van der Waals surface area (Å²) in [7, 11) is 1.99. The second kappa shape index (κ2) is 5.36. The lowest BCUT2D eigenvalue weighted by Crippen LogP contribution is -2.14. The third-order valence-corrected chi connectivity index (χ3v) is 1.72. The van der Waals surface area contributed by atoms with E-state index in [0.717, 1.165) is 6.54 Å². The molecule has 1 N–H and O–H groups in total. The molecule has 0 bridgehead atoms. The molecule has 1 atom stereocenters. The molecule has 0 aliphatic heterocycles. The molecule has 0 spiro atoms. The Balaban J connectivity index is 3.61. The molecular weight excluding hydrogens is 146 g/mol. The SMILES string of the molecule is CNCC(C)C=CCC(C)(C)C. The number of hydrogen-bond donors (Lipinski definition) is 1. The molecule has 0 amide bonds. The Hall–Kier alpha value is -0.300. The molecule has 0 fully saturated rings. The van der Waals surface area contributed by atoms with Crippen molar-refractivity contribution >= 4 is 0 Å². The number of rotatable bonds is 4. The van der Waals surface area contributed by atoms with Gasteiger partial charge in [-0.2, -0.15) is 0 Å². The molecule has 0 aliphatic carbocycles. The van der Waals surface area contributed by atoms with Crippen molar-refractivity contribution in [3.05, 3.63) is 12.2 Å². The van der Waals surface area contributed by atoms with Gasteiger partial charge in [0.2, 0.25) is 0 Å². The third kappa shape index (κ3) is 7.80. The van der Waals surface area contributed by atoms with Gasteiger partial charge in [-0.25, -0.2) is 0 Å². The van der Waals surface area contributed by atoms with Crippen molar-refractivity contribution in [1.82, 2.24) is 5.32 Å². The molecule has 0 rings (SSSR count). The van der Waals surface area contributed by atoms with Gasteiger partial charge in [0, 0.05) is 6.54 Å². The summed E-state index contributed by atoms with van der Waals surface area (Å²) in [5.41, 5.74) is 0.426. The zero-order chi connectivity index (χ0) is 9.61. The fraction of sp³-hybridized carbons (Fsp3) is 0.818. The topological polar surface area (TPSA) is 12.0 Å². The normalized spacial score (nSPS) is 15.4. The molecule has 0 radical (unpaired) electrons. The summed E-state index contributed by atoms with van der Waals surface area (Å²) in [6.07, 6.45) is 5.75. The fourth-order valence-electron chi connectivity index (χ4n) is 1.04. The maximum atomic E-state index is 3.16. The van der Waals surface area contributed by atoms with Gasteiger partial charge >= 0.3 is 0 Å². The van der Waals surface area contributed by atoms with Gasteiger partial charge in [0.25, 0.3) is 0 Å². The summed E-state index contributed by atoms with van der Waals surface area (Å²) in [5.74, 6) is 0.650. The average molecular weight is 169 g/mol. The lowest BCUT2D eigenvalue weighted by atomic mass is 9.91. The van der Waals surface area contributed by atoms with Crippen LogP contribution in [-0.4, -0.2) is 13.6 Å². The van der Waals surface area contributed by atoms with Gasteiger partial charge in [-0.05, 0) is 24.8 Å². The summed E-state index contributed by atoms with van der Waals surface area (Å²) in [6.45, 7) is 10.1. The third-order valence-electron chi connectivity index (χ3n) is 1.72. The van der Waals surface area contributed by atoms with Crippen LogP contribution in [0.25, 0.3) is 0 Å². The molecule has 1 heteroatoms. The van der Waals surface area contributed by atoms with Gasteiger partial charge in [-0.1, -0.05) is 39.8 Å². The molecule has 0 heterocycles. The van der Waals surface area contributed by atoms with Crippen LogP contribution in [0, 0.1) is 11.3 Å². The van der Waals surface area contributed by atoms with Crippen LogP contribution in [-0.2, 0) is 0 Å². The summed E-state index contributed by atoms with van der Waals surface area (Å²) in [4.78, 5) is 0. The van der Waals surface area contributed by atoms with E-state index in [1.54, 1.807) is 0 Å². The minimum Gasteiger partial charge on any atom is -0.319 e. The Morgan fingerprint density at radius 1 is 1.33 bits per heavy atom. The van der Waals surface area contributed by atoms with Crippen LogP contribution in [0.2, 0.25) is 0 Å². The Labute approximate surface area is 77.2 Å². The van der Waals surface area contributed by atoms with E-state index in [2.05, 4.69) is 45.2 Å². The second-order valence-corrected chi connectivity index (χ2v) is 4.73. The summed E-state index contributed by atoms with van der Waals surface area (Å²) >= 11 is 0. The minimum atomic E-state index is 0.426. The molecule has 0 aliphatic rings. The summed E-state index contributed by atoms with van der Waals surface area (Å²) in [5, 5.41) is 3.16. The number of allylic oxidation sites excluding steroid dienone is 1. The fourth-order valence-corrected chi connectivity index (χ4v) is 1.04. The van der Waals surface area contributed by atoms with Crippen molar-refractivity contribution in [3.63, 3.8) is 0 Å². The van der Waals surface area contributed by atoms with Crippen LogP contribution in [0.15, 0.2) is 12.2 Å². The van der Waals surface area contributed by atoms with Gasteiger partial charge in [0.05, 0.1) is 0 Å². The average Bonchev–Trinajstić information content (AvgIpc) is 1.84. The van der Waals surface area contributed by atoms with Gasteiger partial charge < -0.3 is 5.32 Å². The quantitative estimate of drug-likeness (QED) is 0.638. The van der Waals surface area contributed by atoms with Crippen LogP contribution in [0.4, 0.5) is 0 Å². The largest absolute Gasteiger partial charge is 0.319 e. The van der Waals surface area contributed by atoms with Crippen molar-refractivity contribution in [2.75, 3.05) is 13.6 Å². The molecule has 0 saturated carbocycles.